The van der Waals surface area contributed by atoms with Crippen molar-refractivity contribution in [2.24, 2.45) is 5.92 Å². The predicted molar refractivity (Wildman–Crippen MR) is 63.4 cm³/mol. The van der Waals surface area contributed by atoms with Crippen LogP contribution < -0.4 is 9.64 Å². The molecule has 0 bridgehead atoms. The van der Waals surface area contributed by atoms with E-state index in [1.54, 1.807) is 13.3 Å². The van der Waals surface area contributed by atoms with Gasteiger partial charge in [-0.25, -0.2) is 4.98 Å². The van der Waals surface area contributed by atoms with Crippen molar-refractivity contribution in [2.45, 2.75) is 12.8 Å². The van der Waals surface area contributed by atoms with Crippen molar-refractivity contribution in [1.29, 1.82) is 0 Å². The molecule has 0 spiro atoms. The number of piperidine rings is 1. The molecule has 1 atom stereocenters. The van der Waals surface area contributed by atoms with Gasteiger partial charge in [-0.1, -0.05) is 0 Å². The van der Waals surface area contributed by atoms with E-state index < -0.39 is 5.97 Å². The second-order valence-electron chi connectivity index (χ2n) is 4.16. The van der Waals surface area contributed by atoms with E-state index in [4.69, 9.17) is 9.84 Å². The Morgan fingerprint density at radius 1 is 1.65 bits per heavy atom. The Kier molecular flexibility index (Phi) is 3.46. The van der Waals surface area contributed by atoms with Crippen LogP contribution in [0.2, 0.25) is 0 Å². The first-order valence-electron chi connectivity index (χ1n) is 5.69. The van der Waals surface area contributed by atoms with Crippen LogP contribution in [0.15, 0.2) is 18.3 Å². The lowest BCUT2D eigenvalue weighted by atomic mass is 9.98. The normalized spacial score (nSPS) is 20.1. The topological polar surface area (TPSA) is 62.7 Å². The van der Waals surface area contributed by atoms with Gasteiger partial charge in [0.25, 0.3) is 0 Å². The first kappa shape index (κ1) is 11.7. The van der Waals surface area contributed by atoms with E-state index in [-0.39, 0.29) is 5.92 Å². The highest BCUT2D eigenvalue weighted by Crippen LogP contribution is 2.29. The van der Waals surface area contributed by atoms with Crippen LogP contribution in [-0.4, -0.2) is 36.3 Å². The molecule has 1 N–H and O–H groups in total. The quantitative estimate of drug-likeness (QED) is 0.859. The lowest BCUT2D eigenvalue weighted by Crippen LogP contribution is -2.38. The van der Waals surface area contributed by atoms with Gasteiger partial charge < -0.3 is 14.7 Å². The first-order valence-corrected chi connectivity index (χ1v) is 5.69. The molecule has 1 saturated heterocycles. The minimum atomic E-state index is -0.724. The molecule has 0 amide bonds. The van der Waals surface area contributed by atoms with Crippen LogP contribution in [-0.2, 0) is 4.79 Å². The molecule has 1 aliphatic rings. The van der Waals surface area contributed by atoms with Gasteiger partial charge in [0.1, 0.15) is 0 Å². The van der Waals surface area contributed by atoms with Crippen molar-refractivity contribution in [2.75, 3.05) is 25.1 Å². The summed E-state index contributed by atoms with van der Waals surface area (Å²) in [5, 5.41) is 9.06. The number of pyridine rings is 1. The number of hydrogen-bond acceptors (Lipinski definition) is 4. The maximum atomic E-state index is 11.0. The zero-order valence-electron chi connectivity index (χ0n) is 9.80. The molecule has 1 fully saturated rings. The zero-order chi connectivity index (χ0) is 12.3. The van der Waals surface area contributed by atoms with Crippen molar-refractivity contribution in [3.63, 3.8) is 0 Å². The highest BCUT2D eigenvalue weighted by atomic mass is 16.5. The fraction of sp³-hybridized carbons (Fsp3) is 0.500. The van der Waals surface area contributed by atoms with E-state index in [1.165, 1.54) is 0 Å². The monoisotopic (exact) mass is 236 g/mol. The summed E-state index contributed by atoms with van der Waals surface area (Å²) in [5.74, 6) is -0.468. The standard InChI is InChI=1S/C12H16N2O3/c1-17-11-10(5-2-6-13-11)14-7-3-4-9(8-14)12(15)16/h2,5-6,9H,3-4,7-8H2,1H3,(H,15,16). The Balaban J connectivity index is 2.18. The van der Waals surface area contributed by atoms with Crippen molar-refractivity contribution in [1.82, 2.24) is 4.98 Å². The number of anilines is 1. The van der Waals surface area contributed by atoms with Gasteiger partial charge in [-0.15, -0.1) is 0 Å². The molecule has 2 heterocycles. The van der Waals surface area contributed by atoms with Crippen LogP contribution in [0, 0.1) is 5.92 Å². The number of aromatic nitrogens is 1. The molecule has 5 heteroatoms. The van der Waals surface area contributed by atoms with E-state index in [1.807, 2.05) is 17.0 Å². The van der Waals surface area contributed by atoms with Gasteiger partial charge in [0.15, 0.2) is 0 Å². The van der Waals surface area contributed by atoms with Crippen molar-refractivity contribution >= 4 is 11.7 Å². The van der Waals surface area contributed by atoms with Gasteiger partial charge in [0.2, 0.25) is 5.88 Å². The molecule has 2 rings (SSSR count). The minimum absolute atomic E-state index is 0.298. The second-order valence-corrected chi connectivity index (χ2v) is 4.16. The van der Waals surface area contributed by atoms with E-state index in [9.17, 15) is 4.79 Å². The highest BCUT2D eigenvalue weighted by molar-refractivity contribution is 5.71. The molecule has 5 nitrogen and oxygen atoms in total. The van der Waals surface area contributed by atoms with Crippen molar-refractivity contribution < 1.29 is 14.6 Å². The summed E-state index contributed by atoms with van der Waals surface area (Å²) >= 11 is 0. The Morgan fingerprint density at radius 3 is 3.18 bits per heavy atom. The number of rotatable bonds is 3. The highest BCUT2D eigenvalue weighted by Gasteiger charge is 2.26. The van der Waals surface area contributed by atoms with Crippen LogP contribution in [0.5, 0.6) is 5.88 Å². The number of carboxylic acid groups (broad SMARTS) is 1. The van der Waals surface area contributed by atoms with E-state index in [0.717, 1.165) is 25.1 Å². The summed E-state index contributed by atoms with van der Waals surface area (Å²) in [5.41, 5.74) is 0.876. The molecule has 1 aliphatic heterocycles. The number of carbonyl (C=O) groups is 1. The van der Waals surface area contributed by atoms with Crippen molar-refractivity contribution in [3.05, 3.63) is 18.3 Å². The predicted octanol–water partition coefficient (Wildman–Crippen LogP) is 1.39. The van der Waals surface area contributed by atoms with Crippen LogP contribution in [0.1, 0.15) is 12.8 Å². The van der Waals surface area contributed by atoms with Gasteiger partial charge in [0.05, 0.1) is 18.7 Å². The van der Waals surface area contributed by atoms with Gasteiger partial charge in [0, 0.05) is 19.3 Å². The van der Waals surface area contributed by atoms with Crippen LogP contribution in [0.25, 0.3) is 0 Å². The molecule has 0 aromatic carbocycles. The van der Waals surface area contributed by atoms with Gasteiger partial charge >= 0.3 is 5.97 Å². The summed E-state index contributed by atoms with van der Waals surface area (Å²) < 4.78 is 5.19. The Hall–Kier alpha value is -1.78. The molecule has 92 valence electrons. The molecule has 1 aromatic heterocycles. The van der Waals surface area contributed by atoms with E-state index >= 15 is 0 Å². The SMILES string of the molecule is COc1ncccc1N1CCCC(C(=O)O)C1. The molecule has 17 heavy (non-hydrogen) atoms. The third-order valence-electron chi connectivity index (χ3n) is 3.06. The average Bonchev–Trinajstić information content (AvgIpc) is 2.39. The Labute approximate surface area is 100 Å². The van der Waals surface area contributed by atoms with E-state index in [0.29, 0.717) is 12.4 Å². The van der Waals surface area contributed by atoms with Gasteiger partial charge in [-0.3, -0.25) is 4.79 Å². The largest absolute Gasteiger partial charge is 0.481 e. The molecule has 0 saturated carbocycles. The van der Waals surface area contributed by atoms with Gasteiger partial charge in [-0.2, -0.15) is 0 Å². The Bertz CT molecular complexity index is 408. The second kappa shape index (κ2) is 5.03. The molecule has 0 aliphatic carbocycles. The maximum Gasteiger partial charge on any atom is 0.308 e. The van der Waals surface area contributed by atoms with Gasteiger partial charge in [-0.05, 0) is 25.0 Å². The molecular weight excluding hydrogens is 220 g/mol. The Morgan fingerprint density at radius 2 is 2.47 bits per heavy atom. The number of nitrogens with zero attached hydrogens (tertiary/aromatic N) is 2. The third-order valence-corrected chi connectivity index (χ3v) is 3.06. The summed E-state index contributed by atoms with van der Waals surface area (Å²) in [4.78, 5) is 17.2. The number of methoxy groups -OCH3 is 1. The van der Waals surface area contributed by atoms with E-state index in [2.05, 4.69) is 4.98 Å². The fourth-order valence-corrected chi connectivity index (χ4v) is 2.18. The molecule has 1 aromatic rings. The lowest BCUT2D eigenvalue weighted by molar-refractivity contribution is -0.141. The van der Waals surface area contributed by atoms with Crippen LogP contribution in [0.4, 0.5) is 5.69 Å². The first-order chi connectivity index (χ1) is 8.22. The summed E-state index contributed by atoms with van der Waals surface area (Å²) in [6.07, 6.45) is 3.30. The van der Waals surface area contributed by atoms with Crippen LogP contribution in [0.3, 0.4) is 0 Å². The number of carboxylic acids is 1. The number of hydrogen-bond donors (Lipinski definition) is 1. The molecule has 0 radical (unpaired) electrons. The molecule has 1 unspecified atom stereocenters. The number of ether oxygens (including phenoxy) is 1. The maximum absolute atomic E-state index is 11.0. The third kappa shape index (κ3) is 2.49. The number of aliphatic carboxylic acids is 1. The summed E-state index contributed by atoms with van der Waals surface area (Å²) in [7, 11) is 1.57. The smallest absolute Gasteiger partial charge is 0.308 e. The fourth-order valence-electron chi connectivity index (χ4n) is 2.18. The summed E-state index contributed by atoms with van der Waals surface area (Å²) in [6.45, 7) is 1.38. The van der Waals surface area contributed by atoms with Crippen molar-refractivity contribution in [3.8, 4) is 5.88 Å². The minimum Gasteiger partial charge on any atom is -0.481 e. The lowest BCUT2D eigenvalue weighted by Gasteiger charge is -2.32. The zero-order valence-corrected chi connectivity index (χ0v) is 9.80. The van der Waals surface area contributed by atoms with Crippen LogP contribution >= 0.6 is 0 Å². The summed E-state index contributed by atoms with van der Waals surface area (Å²) in [6, 6.07) is 3.75. The molecular formula is C12H16N2O3. The average molecular weight is 236 g/mol.